The van der Waals surface area contributed by atoms with Gasteiger partial charge in [0.05, 0.1) is 0 Å². The zero-order valence-corrected chi connectivity index (χ0v) is 13.9. The maximum Gasteiger partial charge on any atom is 0.273 e. The van der Waals surface area contributed by atoms with Crippen molar-refractivity contribution in [3.8, 4) is 0 Å². The Labute approximate surface area is 140 Å². The summed E-state index contributed by atoms with van der Waals surface area (Å²) >= 11 is 0. The number of likely N-dealkylation sites (tertiary alicyclic amines) is 1. The van der Waals surface area contributed by atoms with Gasteiger partial charge in [-0.2, -0.15) is 0 Å². The minimum Gasteiger partial charge on any atom is -0.361 e. The summed E-state index contributed by atoms with van der Waals surface area (Å²) in [5, 5.41) is 6.68. The van der Waals surface area contributed by atoms with E-state index >= 15 is 0 Å². The quantitative estimate of drug-likeness (QED) is 0.939. The fraction of sp³-hybridized carbons (Fsp3) is 0.389. The van der Waals surface area contributed by atoms with Crippen molar-refractivity contribution < 1.29 is 14.1 Å². The van der Waals surface area contributed by atoms with Crippen LogP contribution < -0.4 is 5.32 Å². The highest BCUT2D eigenvalue weighted by molar-refractivity contribution is 5.95. The third-order valence-corrected chi connectivity index (χ3v) is 4.35. The normalized spacial score (nSPS) is 15.3. The fourth-order valence-corrected chi connectivity index (χ4v) is 2.94. The fourth-order valence-electron chi connectivity index (χ4n) is 2.94. The summed E-state index contributed by atoms with van der Waals surface area (Å²) in [6.45, 7) is 4.96. The number of nitrogens with zero attached hydrogens (tertiary/aromatic N) is 2. The molecule has 1 fully saturated rings. The molecule has 0 aliphatic carbocycles. The molecule has 24 heavy (non-hydrogen) atoms. The van der Waals surface area contributed by atoms with Gasteiger partial charge in [0.15, 0.2) is 5.69 Å². The minimum absolute atomic E-state index is 0.0513. The molecule has 0 radical (unpaired) electrons. The van der Waals surface area contributed by atoms with Crippen molar-refractivity contribution in [2.24, 2.45) is 0 Å². The van der Waals surface area contributed by atoms with Crippen LogP contribution in [0.3, 0.4) is 0 Å². The SMILES string of the molecule is Cc1cc(C(=O)NC2CCN(C(=O)c3ccccc3C)CC2)no1. The van der Waals surface area contributed by atoms with Gasteiger partial charge in [0, 0.05) is 30.8 Å². The Hall–Kier alpha value is -2.63. The van der Waals surface area contributed by atoms with Crippen LogP contribution >= 0.6 is 0 Å². The van der Waals surface area contributed by atoms with Crippen molar-refractivity contribution in [2.75, 3.05) is 13.1 Å². The van der Waals surface area contributed by atoms with Gasteiger partial charge in [0.1, 0.15) is 5.76 Å². The molecule has 0 saturated carbocycles. The van der Waals surface area contributed by atoms with Gasteiger partial charge in [-0.05, 0) is 38.3 Å². The molecule has 0 bridgehead atoms. The van der Waals surface area contributed by atoms with Crippen LogP contribution in [0.15, 0.2) is 34.9 Å². The number of amides is 2. The summed E-state index contributed by atoms with van der Waals surface area (Å²) in [5.74, 6) is 0.444. The number of hydrogen-bond donors (Lipinski definition) is 1. The number of aromatic nitrogens is 1. The zero-order chi connectivity index (χ0) is 17.1. The van der Waals surface area contributed by atoms with Crippen molar-refractivity contribution >= 4 is 11.8 Å². The first-order chi connectivity index (χ1) is 11.5. The topological polar surface area (TPSA) is 75.4 Å². The van der Waals surface area contributed by atoms with Crippen LogP contribution in [0.1, 0.15) is 45.0 Å². The van der Waals surface area contributed by atoms with Crippen molar-refractivity contribution in [1.82, 2.24) is 15.4 Å². The number of aryl methyl sites for hydroxylation is 2. The molecule has 6 nitrogen and oxygen atoms in total. The van der Waals surface area contributed by atoms with Crippen LogP contribution in [0.2, 0.25) is 0 Å². The van der Waals surface area contributed by atoms with Gasteiger partial charge in [-0.25, -0.2) is 0 Å². The van der Waals surface area contributed by atoms with Crippen LogP contribution in [0.5, 0.6) is 0 Å². The second-order valence-electron chi connectivity index (χ2n) is 6.18. The van der Waals surface area contributed by atoms with Gasteiger partial charge in [-0.15, -0.1) is 0 Å². The van der Waals surface area contributed by atoms with E-state index in [1.165, 1.54) is 0 Å². The molecule has 126 valence electrons. The molecule has 2 heterocycles. The van der Waals surface area contributed by atoms with Crippen molar-refractivity contribution in [3.05, 3.63) is 52.9 Å². The number of benzene rings is 1. The minimum atomic E-state index is -0.226. The van der Waals surface area contributed by atoms with Gasteiger partial charge >= 0.3 is 0 Å². The molecule has 0 atom stereocenters. The van der Waals surface area contributed by atoms with E-state index in [9.17, 15) is 9.59 Å². The predicted molar refractivity (Wildman–Crippen MR) is 88.8 cm³/mol. The average Bonchev–Trinajstić information content (AvgIpc) is 3.02. The molecule has 1 N–H and O–H groups in total. The lowest BCUT2D eigenvalue weighted by Crippen LogP contribution is -2.46. The molecule has 0 unspecified atom stereocenters. The standard InChI is InChI=1S/C18H21N3O3/c1-12-5-3-4-6-15(12)18(23)21-9-7-14(8-10-21)19-17(22)16-11-13(2)24-20-16/h3-6,11,14H,7-10H2,1-2H3,(H,19,22). The van der Waals surface area contributed by atoms with E-state index in [1.54, 1.807) is 13.0 Å². The smallest absolute Gasteiger partial charge is 0.273 e. The number of carbonyl (C=O) groups excluding carboxylic acids is 2. The molecule has 1 aliphatic rings. The average molecular weight is 327 g/mol. The van der Waals surface area contributed by atoms with Crippen molar-refractivity contribution in [1.29, 1.82) is 0 Å². The molecule has 1 aromatic carbocycles. The molecule has 0 spiro atoms. The third kappa shape index (κ3) is 3.48. The van der Waals surface area contributed by atoms with Gasteiger partial charge in [0.25, 0.3) is 11.8 Å². The van der Waals surface area contributed by atoms with E-state index in [-0.39, 0.29) is 17.9 Å². The summed E-state index contributed by atoms with van der Waals surface area (Å²) in [5.41, 5.74) is 2.03. The maximum atomic E-state index is 12.6. The van der Waals surface area contributed by atoms with Crippen LogP contribution in [0, 0.1) is 13.8 Å². The number of rotatable bonds is 3. The second-order valence-corrected chi connectivity index (χ2v) is 6.18. The highest BCUT2D eigenvalue weighted by atomic mass is 16.5. The molecule has 6 heteroatoms. The largest absolute Gasteiger partial charge is 0.361 e. The van der Waals surface area contributed by atoms with E-state index in [2.05, 4.69) is 10.5 Å². The summed E-state index contributed by atoms with van der Waals surface area (Å²) in [6, 6.07) is 9.28. The summed E-state index contributed by atoms with van der Waals surface area (Å²) in [6.07, 6.45) is 1.47. The lowest BCUT2D eigenvalue weighted by Gasteiger charge is -2.32. The Bertz CT molecular complexity index is 745. The molecule has 2 amide bonds. The Balaban J connectivity index is 1.55. The van der Waals surface area contributed by atoms with Crippen LogP contribution in [-0.4, -0.2) is 41.0 Å². The van der Waals surface area contributed by atoms with E-state index in [1.807, 2.05) is 36.1 Å². The Morgan fingerprint density at radius 3 is 2.54 bits per heavy atom. The van der Waals surface area contributed by atoms with Crippen LogP contribution in [-0.2, 0) is 0 Å². The van der Waals surface area contributed by atoms with E-state index in [0.717, 1.165) is 24.0 Å². The number of carbonyl (C=O) groups is 2. The van der Waals surface area contributed by atoms with Gasteiger partial charge in [-0.1, -0.05) is 23.4 Å². The lowest BCUT2D eigenvalue weighted by molar-refractivity contribution is 0.0697. The lowest BCUT2D eigenvalue weighted by atomic mass is 10.0. The highest BCUT2D eigenvalue weighted by Crippen LogP contribution is 2.16. The number of hydrogen-bond acceptors (Lipinski definition) is 4. The van der Waals surface area contributed by atoms with Gasteiger partial charge < -0.3 is 14.7 Å². The molecule has 3 rings (SSSR count). The molecule has 1 aromatic heterocycles. The Morgan fingerprint density at radius 1 is 1.21 bits per heavy atom. The zero-order valence-electron chi connectivity index (χ0n) is 13.9. The van der Waals surface area contributed by atoms with E-state index in [0.29, 0.717) is 24.5 Å². The van der Waals surface area contributed by atoms with Crippen molar-refractivity contribution in [3.63, 3.8) is 0 Å². The van der Waals surface area contributed by atoms with Gasteiger partial charge in [-0.3, -0.25) is 9.59 Å². The maximum absolute atomic E-state index is 12.6. The van der Waals surface area contributed by atoms with Crippen molar-refractivity contribution in [2.45, 2.75) is 32.7 Å². The van der Waals surface area contributed by atoms with E-state index < -0.39 is 0 Å². The number of piperidine rings is 1. The summed E-state index contributed by atoms with van der Waals surface area (Å²) < 4.78 is 4.92. The van der Waals surface area contributed by atoms with E-state index in [4.69, 9.17) is 4.52 Å². The first-order valence-corrected chi connectivity index (χ1v) is 8.13. The Morgan fingerprint density at radius 2 is 1.92 bits per heavy atom. The predicted octanol–water partition coefficient (Wildman–Crippen LogP) is 2.33. The summed E-state index contributed by atoms with van der Waals surface area (Å²) in [4.78, 5) is 26.5. The molecule has 2 aromatic rings. The second kappa shape index (κ2) is 6.86. The molecule has 1 saturated heterocycles. The third-order valence-electron chi connectivity index (χ3n) is 4.35. The van der Waals surface area contributed by atoms with Gasteiger partial charge in [0.2, 0.25) is 0 Å². The molecule has 1 aliphatic heterocycles. The van der Waals surface area contributed by atoms with Crippen LogP contribution in [0.4, 0.5) is 0 Å². The molecular formula is C18H21N3O3. The summed E-state index contributed by atoms with van der Waals surface area (Å²) in [7, 11) is 0. The first-order valence-electron chi connectivity index (χ1n) is 8.13. The molecular weight excluding hydrogens is 306 g/mol. The highest BCUT2D eigenvalue weighted by Gasteiger charge is 2.26. The van der Waals surface area contributed by atoms with Crippen LogP contribution in [0.25, 0.3) is 0 Å². The Kier molecular flexibility index (Phi) is 4.64. The monoisotopic (exact) mass is 327 g/mol. The first kappa shape index (κ1) is 16.2. The number of nitrogens with one attached hydrogen (secondary N) is 1.